The molecular weight excluding hydrogens is 612 g/mol. The summed E-state index contributed by atoms with van der Waals surface area (Å²) < 4.78 is 1.94. The molecule has 0 spiro atoms. The van der Waals surface area contributed by atoms with Gasteiger partial charge in [-0.1, -0.05) is 122 Å². The predicted octanol–water partition coefficient (Wildman–Crippen LogP) is 3.15. The van der Waals surface area contributed by atoms with Crippen molar-refractivity contribution in [2.45, 2.75) is 161 Å². The van der Waals surface area contributed by atoms with Crippen LogP contribution in [-0.2, 0) is 4.79 Å². The van der Waals surface area contributed by atoms with Crippen LogP contribution in [0.2, 0.25) is 0 Å². The quantitative estimate of drug-likeness (QED) is 0.0632. The summed E-state index contributed by atoms with van der Waals surface area (Å²) in [6.45, 7) is 8.69. The number of quaternary nitrogens is 2. The molecule has 0 aliphatic heterocycles. The molecular formula is C38H85ClN4O4. The van der Waals surface area contributed by atoms with Crippen molar-refractivity contribution < 1.29 is 41.5 Å². The number of carbonyl (C=O) groups excluding carboxylic acids is 1. The van der Waals surface area contributed by atoms with Gasteiger partial charge in [-0.2, -0.15) is 0 Å². The number of carboxylic acid groups (broad SMARTS) is 1. The van der Waals surface area contributed by atoms with Crippen LogP contribution in [0.25, 0.3) is 0 Å². The van der Waals surface area contributed by atoms with Gasteiger partial charge in [0, 0.05) is 44.9 Å². The molecule has 0 aliphatic rings. The van der Waals surface area contributed by atoms with Crippen molar-refractivity contribution in [3.05, 3.63) is 0 Å². The first kappa shape index (κ1) is 53.3. The number of hydrogen-bond donors (Lipinski definition) is 4. The zero-order valence-electron chi connectivity index (χ0n) is 32.3. The lowest BCUT2D eigenvalue weighted by atomic mass is 10.0. The van der Waals surface area contributed by atoms with Gasteiger partial charge in [-0.25, -0.2) is 0 Å². The second-order valence-electron chi connectivity index (χ2n) is 14.7. The fourth-order valence-electron chi connectivity index (χ4n) is 5.61. The maximum absolute atomic E-state index is 10.3. The van der Waals surface area contributed by atoms with Gasteiger partial charge in [0.2, 0.25) is 0 Å². The maximum Gasteiger partial charge on any atom is 0.0804 e. The van der Waals surface area contributed by atoms with Crippen molar-refractivity contribution >= 4 is 5.97 Å². The van der Waals surface area contributed by atoms with E-state index in [9.17, 15) is 9.90 Å². The first-order valence-corrected chi connectivity index (χ1v) is 19.5. The number of aliphatic carboxylic acids is 1. The van der Waals surface area contributed by atoms with E-state index in [1.165, 1.54) is 109 Å². The average molecular weight is 698 g/mol. The SMILES string of the molecule is CCCCCCCCCCCCCCCCCCCCCC(=O)[O-].C[N+](C)(CCCN)CCCO.C[N+](C)(CCCN)CCCO.[Cl-]. The molecule has 6 N–H and O–H groups in total. The monoisotopic (exact) mass is 697 g/mol. The zero-order valence-corrected chi connectivity index (χ0v) is 33.0. The minimum Gasteiger partial charge on any atom is -1.00 e. The van der Waals surface area contributed by atoms with Crippen LogP contribution in [-0.4, -0.2) is 106 Å². The second kappa shape index (κ2) is 41.7. The summed E-state index contributed by atoms with van der Waals surface area (Å²) in [6, 6.07) is 0. The highest BCUT2D eigenvalue weighted by Gasteiger charge is 2.13. The van der Waals surface area contributed by atoms with Crippen LogP contribution in [0.5, 0.6) is 0 Å². The number of nitrogens with two attached hydrogens (primary N) is 2. The highest BCUT2D eigenvalue weighted by Crippen LogP contribution is 2.14. The van der Waals surface area contributed by atoms with E-state index in [1.54, 1.807) is 0 Å². The Morgan fingerprint density at radius 2 is 0.745 bits per heavy atom. The number of unbranched alkanes of at least 4 members (excludes halogenated alkanes) is 18. The van der Waals surface area contributed by atoms with Gasteiger partial charge in [0.05, 0.1) is 54.4 Å². The van der Waals surface area contributed by atoms with Crippen LogP contribution < -0.4 is 29.0 Å². The molecule has 0 radical (unpaired) electrons. The molecule has 0 saturated carbocycles. The van der Waals surface area contributed by atoms with Gasteiger partial charge in [0.1, 0.15) is 0 Å². The van der Waals surface area contributed by atoms with Crippen LogP contribution in [0.3, 0.4) is 0 Å². The lowest BCUT2D eigenvalue weighted by molar-refractivity contribution is -0.890. The molecule has 0 bridgehead atoms. The van der Waals surface area contributed by atoms with Crippen molar-refractivity contribution in [1.29, 1.82) is 0 Å². The topological polar surface area (TPSA) is 133 Å². The van der Waals surface area contributed by atoms with Gasteiger partial charge in [-0.05, 0) is 25.9 Å². The summed E-state index contributed by atoms with van der Waals surface area (Å²) >= 11 is 0. The minimum atomic E-state index is -0.901. The van der Waals surface area contributed by atoms with Gasteiger partial charge < -0.3 is 53.0 Å². The van der Waals surface area contributed by atoms with Crippen LogP contribution in [0, 0.1) is 0 Å². The van der Waals surface area contributed by atoms with E-state index in [-0.39, 0.29) is 18.8 Å². The number of halogens is 1. The Kier molecular flexibility index (Phi) is 47.3. The normalized spacial score (nSPS) is 11.3. The van der Waals surface area contributed by atoms with E-state index in [0.717, 1.165) is 86.8 Å². The van der Waals surface area contributed by atoms with Crippen molar-refractivity contribution in [3.63, 3.8) is 0 Å². The third-order valence-corrected chi connectivity index (χ3v) is 8.76. The van der Waals surface area contributed by atoms with Gasteiger partial charge in [-0.15, -0.1) is 0 Å². The van der Waals surface area contributed by atoms with Gasteiger partial charge in [0.25, 0.3) is 0 Å². The van der Waals surface area contributed by atoms with E-state index < -0.39 is 5.97 Å². The Bertz CT molecular complexity index is 554. The minimum absolute atomic E-state index is 0. The van der Waals surface area contributed by atoms with Crippen molar-refractivity contribution in [3.8, 4) is 0 Å². The Labute approximate surface area is 300 Å². The fraction of sp³-hybridized carbons (Fsp3) is 0.974. The van der Waals surface area contributed by atoms with Crippen molar-refractivity contribution in [2.75, 3.05) is 80.7 Å². The van der Waals surface area contributed by atoms with Gasteiger partial charge in [-0.3, -0.25) is 0 Å². The number of rotatable bonds is 32. The molecule has 0 aliphatic carbocycles. The molecule has 8 nitrogen and oxygen atoms in total. The third kappa shape index (κ3) is 52.5. The molecule has 0 saturated heterocycles. The summed E-state index contributed by atoms with van der Waals surface area (Å²) in [5, 5.41) is 27.5. The molecule has 0 unspecified atom stereocenters. The standard InChI is InChI=1S/C22H44O2.2C8H21N2O.ClH/c1-2-3-4-5-6-7-8-9-10-11-12-13-14-15-16-17-18-19-20-21-22(23)24;2*1-10(2,6-3-5-9)7-4-8-11;/h2-21H2,1H3,(H,23,24);2*11H,3-9H2,1-2H3;1H/q;2*+1;/p-2. The first-order chi connectivity index (χ1) is 22.0. The van der Waals surface area contributed by atoms with Gasteiger partial charge >= 0.3 is 0 Å². The molecule has 0 amide bonds. The molecule has 0 fully saturated rings. The number of carboxylic acids is 1. The summed E-state index contributed by atoms with van der Waals surface area (Å²) in [6.07, 6.45) is 29.7. The number of hydrogen-bond acceptors (Lipinski definition) is 6. The van der Waals surface area contributed by atoms with Crippen molar-refractivity contribution in [1.82, 2.24) is 0 Å². The van der Waals surface area contributed by atoms with E-state index in [1.807, 2.05) is 0 Å². The lowest BCUT2D eigenvalue weighted by Gasteiger charge is -2.29. The Morgan fingerprint density at radius 1 is 0.489 bits per heavy atom. The van der Waals surface area contributed by atoms with E-state index in [0.29, 0.717) is 13.2 Å². The Hall–Kier alpha value is -0.480. The summed E-state index contributed by atoms with van der Waals surface area (Å²) in [7, 11) is 8.69. The van der Waals surface area contributed by atoms with Crippen molar-refractivity contribution in [2.24, 2.45) is 11.5 Å². The van der Waals surface area contributed by atoms with Gasteiger partial charge in [0.15, 0.2) is 0 Å². The molecule has 0 heterocycles. The molecule has 0 atom stereocenters. The number of aliphatic hydroxyl groups excluding tert-OH is 2. The van der Waals surface area contributed by atoms with E-state index >= 15 is 0 Å². The third-order valence-electron chi connectivity index (χ3n) is 8.76. The Morgan fingerprint density at radius 3 is 0.979 bits per heavy atom. The Balaban J connectivity index is -0.000000334. The molecule has 9 heteroatoms. The lowest BCUT2D eigenvalue weighted by Crippen LogP contribution is -3.00. The smallest absolute Gasteiger partial charge is 0.0804 e. The average Bonchev–Trinajstić information content (AvgIpc) is 3.02. The molecule has 47 heavy (non-hydrogen) atoms. The van der Waals surface area contributed by atoms with Crippen LogP contribution in [0.1, 0.15) is 161 Å². The number of carbonyl (C=O) groups is 1. The zero-order chi connectivity index (χ0) is 35.2. The highest BCUT2D eigenvalue weighted by atomic mass is 35.5. The van der Waals surface area contributed by atoms with E-state index in [4.69, 9.17) is 21.7 Å². The molecule has 288 valence electrons. The van der Waals surface area contributed by atoms with Crippen LogP contribution in [0.4, 0.5) is 0 Å². The first-order valence-electron chi connectivity index (χ1n) is 19.5. The molecule has 0 aromatic heterocycles. The predicted molar refractivity (Wildman–Crippen MR) is 197 cm³/mol. The van der Waals surface area contributed by atoms with E-state index in [2.05, 4.69) is 35.1 Å². The largest absolute Gasteiger partial charge is 1.00 e. The summed E-state index contributed by atoms with van der Waals surface area (Å²) in [4.78, 5) is 10.3. The maximum atomic E-state index is 10.3. The second-order valence-corrected chi connectivity index (χ2v) is 14.7. The fourth-order valence-corrected chi connectivity index (χ4v) is 5.61. The van der Waals surface area contributed by atoms with Crippen LogP contribution in [0.15, 0.2) is 0 Å². The van der Waals surface area contributed by atoms with Crippen LogP contribution >= 0.6 is 0 Å². The highest BCUT2D eigenvalue weighted by molar-refractivity contribution is 5.64. The summed E-state index contributed by atoms with van der Waals surface area (Å²) in [5.41, 5.74) is 10.8. The molecule has 0 aromatic carbocycles. The number of nitrogens with zero attached hydrogens (tertiary/aromatic N) is 2. The number of aliphatic hydroxyl groups is 2. The summed E-state index contributed by atoms with van der Waals surface area (Å²) in [5.74, 6) is -0.901. The molecule has 0 rings (SSSR count). The molecule has 0 aromatic rings.